The summed E-state index contributed by atoms with van der Waals surface area (Å²) in [6.45, 7) is 5.90. The molecule has 160 valence electrons. The van der Waals surface area contributed by atoms with Gasteiger partial charge in [-0.1, -0.05) is 59.3 Å². The summed E-state index contributed by atoms with van der Waals surface area (Å²) in [4.78, 5) is 22.1. The number of fused-ring (bicyclic) bond motifs is 1. The van der Waals surface area contributed by atoms with Crippen molar-refractivity contribution in [3.63, 3.8) is 0 Å². The molecule has 2 aromatic carbocycles. The third-order valence-electron chi connectivity index (χ3n) is 6.43. The lowest BCUT2D eigenvalue weighted by atomic mass is 9.94. The van der Waals surface area contributed by atoms with Crippen LogP contribution >= 0.6 is 0 Å². The predicted octanol–water partition coefficient (Wildman–Crippen LogP) is 3.84. The predicted molar refractivity (Wildman–Crippen MR) is 118 cm³/mol. The lowest BCUT2D eigenvalue weighted by Gasteiger charge is -2.36. The second-order valence-electron chi connectivity index (χ2n) is 8.73. The molecule has 1 aromatic heterocycles. The van der Waals surface area contributed by atoms with Crippen LogP contribution in [0.15, 0.2) is 53.1 Å². The monoisotopic (exact) mass is 416 g/mol. The zero-order chi connectivity index (χ0) is 21.2. The van der Waals surface area contributed by atoms with Crippen LogP contribution in [0.5, 0.6) is 0 Å². The number of nitrogens with zero attached hydrogens (tertiary/aromatic N) is 4. The highest BCUT2D eigenvalue weighted by molar-refractivity contribution is 5.79. The Bertz CT molecular complexity index is 1060. The average Bonchev–Trinajstić information content (AvgIpc) is 3.27. The highest BCUT2D eigenvalue weighted by atomic mass is 16.5. The minimum absolute atomic E-state index is 0.0403. The molecule has 0 aliphatic carbocycles. The third kappa shape index (κ3) is 4.39. The van der Waals surface area contributed by atoms with Crippen LogP contribution in [-0.2, 0) is 24.3 Å². The van der Waals surface area contributed by atoms with Gasteiger partial charge >= 0.3 is 0 Å². The van der Waals surface area contributed by atoms with E-state index in [0.29, 0.717) is 18.3 Å². The topological polar surface area (TPSA) is 62.5 Å². The number of aryl methyl sites for hydroxylation is 1. The maximum Gasteiger partial charge on any atom is 0.241 e. The van der Waals surface area contributed by atoms with Gasteiger partial charge in [0.25, 0.3) is 0 Å². The van der Waals surface area contributed by atoms with Crippen molar-refractivity contribution in [2.45, 2.75) is 39.3 Å². The number of carbonyl (C=O) groups excluding carboxylic acids is 1. The number of carbonyl (C=O) groups is 1. The number of hydrogen-bond acceptors (Lipinski definition) is 5. The fourth-order valence-electron chi connectivity index (χ4n) is 4.67. The first-order valence-corrected chi connectivity index (χ1v) is 11.1. The molecule has 1 unspecified atom stereocenters. The molecule has 3 aromatic rings. The summed E-state index contributed by atoms with van der Waals surface area (Å²) in [5, 5.41) is 4.14. The number of likely N-dealkylation sites (tertiary alicyclic amines) is 1. The van der Waals surface area contributed by atoms with Gasteiger partial charge in [0.05, 0.1) is 12.5 Å². The second kappa shape index (κ2) is 8.63. The number of aromatic nitrogens is 2. The van der Waals surface area contributed by atoms with Crippen molar-refractivity contribution in [3.05, 3.63) is 71.1 Å². The molecule has 6 heteroatoms. The van der Waals surface area contributed by atoms with Crippen LogP contribution in [0, 0.1) is 12.8 Å². The molecule has 0 bridgehead atoms. The van der Waals surface area contributed by atoms with Crippen molar-refractivity contribution >= 4 is 5.91 Å². The highest BCUT2D eigenvalue weighted by Crippen LogP contribution is 2.25. The lowest BCUT2D eigenvalue weighted by molar-refractivity contribution is -0.138. The Balaban J connectivity index is 1.21. The van der Waals surface area contributed by atoms with Crippen LogP contribution in [-0.4, -0.2) is 45.5 Å². The average molecular weight is 417 g/mol. The third-order valence-corrected chi connectivity index (χ3v) is 6.43. The lowest BCUT2D eigenvalue weighted by Crippen LogP contribution is -2.46. The molecule has 0 spiro atoms. The smallest absolute Gasteiger partial charge is 0.241 e. The standard InChI is InChI=1S/C25H28N4O2/c1-18-8-10-20(11-9-18)24-26-23(31-27-24)17-28-13-4-7-22(15-28)25(30)29-14-12-19-5-2-3-6-21(19)16-29/h2-3,5-6,8-11,22H,4,7,12-17H2,1H3. The SMILES string of the molecule is Cc1ccc(-c2noc(CN3CCCC(C(=O)N4CCc5ccccc5C4)C3)n2)cc1. The molecule has 31 heavy (non-hydrogen) atoms. The largest absolute Gasteiger partial charge is 0.338 e. The maximum absolute atomic E-state index is 13.2. The van der Waals surface area contributed by atoms with E-state index >= 15 is 0 Å². The van der Waals surface area contributed by atoms with Gasteiger partial charge in [0.1, 0.15) is 0 Å². The summed E-state index contributed by atoms with van der Waals surface area (Å²) >= 11 is 0. The van der Waals surface area contributed by atoms with Crippen LogP contribution in [0.2, 0.25) is 0 Å². The molecule has 2 aliphatic heterocycles. The first-order valence-electron chi connectivity index (χ1n) is 11.1. The molecule has 2 aliphatic rings. The summed E-state index contributed by atoms with van der Waals surface area (Å²) in [6.07, 6.45) is 2.91. The second-order valence-corrected chi connectivity index (χ2v) is 8.73. The summed E-state index contributed by atoms with van der Waals surface area (Å²) in [5.41, 5.74) is 4.81. The number of benzene rings is 2. The van der Waals surface area contributed by atoms with Crippen LogP contribution in [0.3, 0.4) is 0 Å². The highest BCUT2D eigenvalue weighted by Gasteiger charge is 2.31. The molecule has 5 rings (SSSR count). The summed E-state index contributed by atoms with van der Waals surface area (Å²) in [5.74, 6) is 1.55. The van der Waals surface area contributed by atoms with Gasteiger partial charge in [0.2, 0.25) is 17.6 Å². The van der Waals surface area contributed by atoms with Crippen molar-refractivity contribution < 1.29 is 9.32 Å². The van der Waals surface area contributed by atoms with Gasteiger partial charge in [-0.15, -0.1) is 0 Å². The van der Waals surface area contributed by atoms with Crippen LogP contribution in [0.25, 0.3) is 11.4 Å². The van der Waals surface area contributed by atoms with Crippen LogP contribution < -0.4 is 0 Å². The van der Waals surface area contributed by atoms with E-state index in [1.807, 2.05) is 29.2 Å². The molecular formula is C25H28N4O2. The number of hydrogen-bond donors (Lipinski definition) is 0. The minimum atomic E-state index is 0.0403. The molecule has 6 nitrogen and oxygen atoms in total. The molecular weight excluding hydrogens is 388 g/mol. The Labute approximate surface area is 182 Å². The summed E-state index contributed by atoms with van der Waals surface area (Å²) < 4.78 is 5.51. The first-order chi connectivity index (χ1) is 15.2. The Morgan fingerprint density at radius 1 is 1.10 bits per heavy atom. The van der Waals surface area contributed by atoms with Gasteiger partial charge < -0.3 is 9.42 Å². The van der Waals surface area contributed by atoms with Crippen molar-refractivity contribution in [1.29, 1.82) is 0 Å². The molecule has 3 heterocycles. The summed E-state index contributed by atoms with van der Waals surface area (Å²) in [7, 11) is 0. The molecule has 1 amide bonds. The van der Waals surface area contributed by atoms with Gasteiger partial charge in [0.15, 0.2) is 0 Å². The van der Waals surface area contributed by atoms with Crippen molar-refractivity contribution in [2.24, 2.45) is 5.92 Å². The summed E-state index contributed by atoms with van der Waals surface area (Å²) in [6, 6.07) is 16.6. The Morgan fingerprint density at radius 3 is 2.74 bits per heavy atom. The van der Waals surface area contributed by atoms with E-state index in [4.69, 9.17) is 4.52 Å². The van der Waals surface area contributed by atoms with Crippen LogP contribution in [0.1, 0.15) is 35.4 Å². The fourth-order valence-corrected chi connectivity index (χ4v) is 4.67. The van der Waals surface area contributed by atoms with Gasteiger partial charge in [-0.25, -0.2) is 0 Å². The van der Waals surface area contributed by atoms with E-state index in [2.05, 4.69) is 46.2 Å². The van der Waals surface area contributed by atoms with Gasteiger partial charge in [-0.2, -0.15) is 4.98 Å². The van der Waals surface area contributed by atoms with Gasteiger partial charge in [-0.05, 0) is 43.9 Å². The molecule has 0 N–H and O–H groups in total. The molecule has 1 fully saturated rings. The van der Waals surface area contributed by atoms with E-state index in [1.165, 1.54) is 16.7 Å². The van der Waals surface area contributed by atoms with E-state index in [9.17, 15) is 4.79 Å². The van der Waals surface area contributed by atoms with Crippen LogP contribution in [0.4, 0.5) is 0 Å². The quantitative estimate of drug-likeness (QED) is 0.647. The molecule has 1 saturated heterocycles. The number of rotatable bonds is 4. The van der Waals surface area contributed by atoms with E-state index < -0.39 is 0 Å². The van der Waals surface area contributed by atoms with Crippen molar-refractivity contribution in [2.75, 3.05) is 19.6 Å². The number of piperidine rings is 1. The first kappa shape index (κ1) is 19.9. The minimum Gasteiger partial charge on any atom is -0.338 e. The molecule has 1 atom stereocenters. The Morgan fingerprint density at radius 2 is 1.90 bits per heavy atom. The molecule has 0 saturated carbocycles. The van der Waals surface area contributed by atoms with E-state index in [0.717, 1.165) is 51.0 Å². The Hall–Kier alpha value is -2.99. The van der Waals surface area contributed by atoms with E-state index in [1.54, 1.807) is 0 Å². The fraction of sp³-hybridized carbons (Fsp3) is 0.400. The van der Waals surface area contributed by atoms with Gasteiger partial charge in [0, 0.05) is 25.2 Å². The normalized spacial score (nSPS) is 19.3. The molecule has 0 radical (unpaired) electrons. The number of amides is 1. The maximum atomic E-state index is 13.2. The zero-order valence-corrected chi connectivity index (χ0v) is 18.0. The zero-order valence-electron chi connectivity index (χ0n) is 18.0. The van der Waals surface area contributed by atoms with Crippen molar-refractivity contribution in [3.8, 4) is 11.4 Å². The van der Waals surface area contributed by atoms with Gasteiger partial charge in [-0.3, -0.25) is 9.69 Å². The Kier molecular flexibility index (Phi) is 5.55. The van der Waals surface area contributed by atoms with Crippen molar-refractivity contribution in [1.82, 2.24) is 19.9 Å². The van der Waals surface area contributed by atoms with E-state index in [-0.39, 0.29) is 11.8 Å².